The van der Waals surface area contributed by atoms with Crippen LogP contribution in [0, 0.1) is 0 Å². The molecule has 2 rings (SSSR count). The average Bonchev–Trinajstić information content (AvgIpc) is 2.53. The van der Waals surface area contributed by atoms with E-state index < -0.39 is 0 Å². The lowest BCUT2D eigenvalue weighted by Crippen LogP contribution is -2.22. The maximum Gasteiger partial charge on any atom is 0.224 e. The lowest BCUT2D eigenvalue weighted by atomic mass is 10.0. The van der Waals surface area contributed by atoms with Crippen molar-refractivity contribution >= 4 is 5.95 Å². The van der Waals surface area contributed by atoms with Gasteiger partial charge in [0.15, 0.2) is 0 Å². The Hall–Kier alpha value is -2.04. The quantitative estimate of drug-likeness (QED) is 0.816. The summed E-state index contributed by atoms with van der Waals surface area (Å²) in [5.41, 5.74) is 2.34. The van der Waals surface area contributed by atoms with Crippen LogP contribution in [-0.2, 0) is 0 Å². The minimum absolute atomic E-state index is 0.420. The normalized spacial score (nSPS) is 12.4. The number of aromatic nitrogens is 4. The molecule has 0 aromatic carbocycles. The highest BCUT2D eigenvalue weighted by Crippen LogP contribution is 2.18. The molecule has 0 amide bonds. The van der Waals surface area contributed by atoms with Gasteiger partial charge in [0.05, 0.1) is 0 Å². The van der Waals surface area contributed by atoms with Crippen LogP contribution in [0.3, 0.4) is 0 Å². The summed E-state index contributed by atoms with van der Waals surface area (Å²) in [6.45, 7) is 7.38. The molecule has 0 saturated heterocycles. The van der Waals surface area contributed by atoms with Gasteiger partial charge in [-0.1, -0.05) is 20.8 Å². The van der Waals surface area contributed by atoms with Crippen molar-refractivity contribution in [3.63, 3.8) is 0 Å². The van der Waals surface area contributed by atoms with Crippen molar-refractivity contribution in [1.82, 2.24) is 19.9 Å². The van der Waals surface area contributed by atoms with Crippen molar-refractivity contribution in [1.29, 1.82) is 0 Å². The van der Waals surface area contributed by atoms with E-state index in [-0.39, 0.29) is 0 Å². The van der Waals surface area contributed by atoms with E-state index in [1.165, 1.54) is 11.1 Å². The zero-order valence-corrected chi connectivity index (χ0v) is 13.2. The van der Waals surface area contributed by atoms with Crippen molar-refractivity contribution in [2.24, 2.45) is 0 Å². The average molecular weight is 285 g/mol. The number of nitrogens with zero attached hydrogens (tertiary/aromatic N) is 5. The topological polar surface area (TPSA) is 54.8 Å². The predicted molar refractivity (Wildman–Crippen MR) is 84.5 cm³/mol. The van der Waals surface area contributed by atoms with Crippen LogP contribution in [0.5, 0.6) is 0 Å². The highest BCUT2D eigenvalue weighted by molar-refractivity contribution is 5.29. The van der Waals surface area contributed by atoms with E-state index in [1.807, 2.05) is 31.8 Å². The second kappa shape index (κ2) is 7.11. The maximum absolute atomic E-state index is 4.44. The summed E-state index contributed by atoms with van der Waals surface area (Å²) >= 11 is 0. The molecule has 21 heavy (non-hydrogen) atoms. The van der Waals surface area contributed by atoms with E-state index in [9.17, 15) is 0 Å². The fourth-order valence-corrected chi connectivity index (χ4v) is 2.05. The van der Waals surface area contributed by atoms with Crippen LogP contribution >= 0.6 is 0 Å². The van der Waals surface area contributed by atoms with Crippen LogP contribution in [0.2, 0.25) is 0 Å². The van der Waals surface area contributed by atoms with Gasteiger partial charge >= 0.3 is 0 Å². The maximum atomic E-state index is 4.44. The van der Waals surface area contributed by atoms with Crippen molar-refractivity contribution < 1.29 is 0 Å². The van der Waals surface area contributed by atoms with E-state index >= 15 is 0 Å². The third kappa shape index (κ3) is 4.21. The molecule has 1 atom stereocenters. The second-order valence-electron chi connectivity index (χ2n) is 5.75. The monoisotopic (exact) mass is 285 g/mol. The summed E-state index contributed by atoms with van der Waals surface area (Å²) in [4.78, 5) is 19.1. The lowest BCUT2D eigenvalue weighted by molar-refractivity contribution is 0.658. The first-order valence-electron chi connectivity index (χ1n) is 7.36. The van der Waals surface area contributed by atoms with E-state index in [4.69, 9.17) is 0 Å². The largest absolute Gasteiger partial charge is 0.344 e. The van der Waals surface area contributed by atoms with Gasteiger partial charge in [0.2, 0.25) is 5.95 Å². The van der Waals surface area contributed by atoms with E-state index in [2.05, 4.69) is 45.6 Å². The Morgan fingerprint density at radius 2 is 1.57 bits per heavy atom. The van der Waals surface area contributed by atoms with Crippen LogP contribution in [0.4, 0.5) is 5.95 Å². The van der Waals surface area contributed by atoms with E-state index in [0.717, 1.165) is 18.9 Å². The summed E-state index contributed by atoms with van der Waals surface area (Å²) in [6, 6.07) is 0. The van der Waals surface area contributed by atoms with Gasteiger partial charge in [-0.25, -0.2) is 19.9 Å². The van der Waals surface area contributed by atoms with Crippen molar-refractivity contribution in [3.05, 3.63) is 42.2 Å². The van der Waals surface area contributed by atoms with Gasteiger partial charge in [-0.05, 0) is 29.4 Å². The Morgan fingerprint density at radius 1 is 0.952 bits per heavy atom. The Balaban J connectivity index is 1.91. The molecule has 0 saturated carbocycles. The molecular weight excluding hydrogens is 262 g/mol. The minimum Gasteiger partial charge on any atom is -0.344 e. The van der Waals surface area contributed by atoms with Gasteiger partial charge < -0.3 is 4.90 Å². The van der Waals surface area contributed by atoms with E-state index in [1.54, 1.807) is 6.33 Å². The molecule has 0 N–H and O–H groups in total. The molecular formula is C16H23N5. The number of hydrogen-bond donors (Lipinski definition) is 0. The zero-order chi connectivity index (χ0) is 15.2. The van der Waals surface area contributed by atoms with Crippen LogP contribution in [0.25, 0.3) is 0 Å². The molecule has 2 aromatic rings. The molecule has 0 aliphatic heterocycles. The Kier molecular flexibility index (Phi) is 5.20. The molecule has 0 aliphatic carbocycles. The predicted octanol–water partition coefficient (Wildman–Crippen LogP) is 3.02. The first-order chi connectivity index (χ1) is 10.1. The molecule has 2 aromatic heterocycles. The first kappa shape index (κ1) is 15.4. The summed E-state index contributed by atoms with van der Waals surface area (Å²) in [6.07, 6.45) is 10.2. The van der Waals surface area contributed by atoms with Gasteiger partial charge in [0.25, 0.3) is 0 Å². The lowest BCUT2D eigenvalue weighted by Gasteiger charge is -2.19. The molecule has 0 radical (unpaired) electrons. The molecule has 0 fully saturated rings. The van der Waals surface area contributed by atoms with Crippen molar-refractivity contribution in [2.75, 3.05) is 18.5 Å². The van der Waals surface area contributed by atoms with Crippen LogP contribution < -0.4 is 4.90 Å². The van der Waals surface area contributed by atoms with Gasteiger partial charge in [-0.2, -0.15) is 0 Å². The minimum atomic E-state index is 0.420. The fraction of sp³-hybridized carbons (Fsp3) is 0.500. The molecule has 5 heteroatoms. The van der Waals surface area contributed by atoms with Crippen LogP contribution in [-0.4, -0.2) is 33.5 Å². The third-order valence-electron chi connectivity index (χ3n) is 3.71. The third-order valence-corrected chi connectivity index (χ3v) is 3.71. The second-order valence-corrected chi connectivity index (χ2v) is 5.75. The van der Waals surface area contributed by atoms with Crippen LogP contribution in [0.15, 0.2) is 31.1 Å². The highest BCUT2D eigenvalue weighted by Gasteiger charge is 2.10. The molecule has 112 valence electrons. The van der Waals surface area contributed by atoms with Gasteiger partial charge in [0, 0.05) is 38.4 Å². The first-order valence-corrected chi connectivity index (χ1v) is 7.36. The molecule has 0 aliphatic rings. The molecule has 0 spiro atoms. The number of rotatable bonds is 6. The van der Waals surface area contributed by atoms with Gasteiger partial charge in [0.1, 0.15) is 6.33 Å². The molecule has 5 nitrogen and oxygen atoms in total. The Bertz CT molecular complexity index is 538. The van der Waals surface area contributed by atoms with Gasteiger partial charge in [-0.3, -0.25) is 0 Å². The van der Waals surface area contributed by atoms with Crippen molar-refractivity contribution in [3.8, 4) is 0 Å². The van der Waals surface area contributed by atoms with E-state index in [0.29, 0.717) is 11.8 Å². The SMILES string of the molecule is CC(C)c1cnc(N(C)CCC(C)c2cncnc2)nc1. The summed E-state index contributed by atoms with van der Waals surface area (Å²) in [7, 11) is 2.03. The van der Waals surface area contributed by atoms with Crippen LogP contribution in [0.1, 0.15) is 50.2 Å². The standard InChI is InChI=1S/C16H23N5/c1-12(2)14-9-19-16(20-10-14)21(4)6-5-13(3)15-7-17-11-18-8-15/h7-13H,5-6H2,1-4H3. The summed E-state index contributed by atoms with van der Waals surface area (Å²) < 4.78 is 0. The number of hydrogen-bond acceptors (Lipinski definition) is 5. The smallest absolute Gasteiger partial charge is 0.224 e. The zero-order valence-electron chi connectivity index (χ0n) is 13.2. The fourth-order valence-electron chi connectivity index (χ4n) is 2.05. The highest BCUT2D eigenvalue weighted by atomic mass is 15.2. The number of anilines is 1. The van der Waals surface area contributed by atoms with Crippen molar-refractivity contribution in [2.45, 2.75) is 39.0 Å². The molecule has 0 bridgehead atoms. The molecule has 2 heterocycles. The summed E-state index contributed by atoms with van der Waals surface area (Å²) in [5, 5.41) is 0. The van der Waals surface area contributed by atoms with Gasteiger partial charge in [-0.15, -0.1) is 0 Å². The Morgan fingerprint density at radius 3 is 2.14 bits per heavy atom. The molecule has 1 unspecified atom stereocenters. The Labute approximate surface area is 126 Å². The summed E-state index contributed by atoms with van der Waals surface area (Å²) in [5.74, 6) is 1.65.